The molecule has 0 unspecified atom stereocenters. The van der Waals surface area contributed by atoms with Crippen LogP contribution in [0.25, 0.3) is 0 Å². The molecule has 0 spiro atoms. The van der Waals surface area contributed by atoms with Crippen LogP contribution < -0.4 is 9.88 Å². The molecule has 0 saturated heterocycles. The summed E-state index contributed by atoms with van der Waals surface area (Å²) in [5.41, 5.74) is -0.671. The molecular formula is C13H20N2O5S. The van der Waals surface area contributed by atoms with Gasteiger partial charge in [-0.1, -0.05) is 19.9 Å². The number of nitrogens with two attached hydrogens (primary N) is 1. The third-order valence-electron chi connectivity index (χ3n) is 3.58. The number of sulfonamides is 1. The maximum absolute atomic E-state index is 11.4. The Balaban J connectivity index is 2.87. The number of nitro groups is 1. The van der Waals surface area contributed by atoms with Crippen molar-refractivity contribution in [1.82, 2.24) is 0 Å². The molecule has 118 valence electrons. The predicted octanol–water partition coefficient (Wildman–Crippen LogP) is 2.07. The standard InChI is InChI=1S/C13H20N2O5S/c1-3-13(4-2,10-21(14,18)19)9-20-12-7-5-6-11(8-12)15(16)17/h5-8H,3-4,9-10H2,1-2H3,(H2,14,18,19). The van der Waals surface area contributed by atoms with Gasteiger partial charge in [-0.15, -0.1) is 0 Å². The average Bonchev–Trinajstić information content (AvgIpc) is 2.42. The molecule has 0 aliphatic rings. The number of primary sulfonamides is 1. The molecule has 0 heterocycles. The lowest BCUT2D eigenvalue weighted by Crippen LogP contribution is -2.37. The van der Waals surface area contributed by atoms with Crippen molar-refractivity contribution < 1.29 is 18.1 Å². The molecule has 1 aromatic rings. The Bertz CT molecular complexity index is 596. The van der Waals surface area contributed by atoms with Crippen LogP contribution in [0.4, 0.5) is 5.69 Å². The summed E-state index contributed by atoms with van der Waals surface area (Å²) >= 11 is 0. The van der Waals surface area contributed by atoms with E-state index in [9.17, 15) is 18.5 Å². The number of rotatable bonds is 8. The van der Waals surface area contributed by atoms with Crippen molar-refractivity contribution in [2.24, 2.45) is 10.6 Å². The second kappa shape index (κ2) is 6.86. The Kier molecular flexibility index (Phi) is 5.68. The van der Waals surface area contributed by atoms with E-state index in [2.05, 4.69) is 0 Å². The molecule has 0 amide bonds. The van der Waals surface area contributed by atoms with E-state index in [0.29, 0.717) is 18.6 Å². The summed E-state index contributed by atoms with van der Waals surface area (Å²) in [5.74, 6) is 0.159. The topological polar surface area (TPSA) is 113 Å². The molecule has 7 nitrogen and oxygen atoms in total. The molecule has 0 radical (unpaired) electrons. The fourth-order valence-electron chi connectivity index (χ4n) is 2.05. The highest BCUT2D eigenvalue weighted by Crippen LogP contribution is 2.29. The summed E-state index contributed by atoms with van der Waals surface area (Å²) in [4.78, 5) is 10.2. The molecule has 21 heavy (non-hydrogen) atoms. The van der Waals surface area contributed by atoms with Crippen LogP contribution in [0.5, 0.6) is 5.75 Å². The number of benzene rings is 1. The molecule has 2 N–H and O–H groups in total. The quantitative estimate of drug-likeness (QED) is 0.582. The van der Waals surface area contributed by atoms with Gasteiger partial charge in [0.2, 0.25) is 10.0 Å². The second-order valence-corrected chi connectivity index (χ2v) is 6.67. The Morgan fingerprint density at radius 3 is 2.43 bits per heavy atom. The molecule has 0 aliphatic heterocycles. The first-order chi connectivity index (χ1) is 9.71. The van der Waals surface area contributed by atoms with Crippen molar-refractivity contribution in [2.45, 2.75) is 26.7 Å². The summed E-state index contributed by atoms with van der Waals surface area (Å²) < 4.78 is 28.3. The minimum absolute atomic E-state index is 0.0717. The Hall–Kier alpha value is -1.67. The van der Waals surface area contributed by atoms with E-state index in [4.69, 9.17) is 9.88 Å². The molecule has 1 aromatic carbocycles. The second-order valence-electron chi connectivity index (χ2n) is 5.06. The van der Waals surface area contributed by atoms with Gasteiger partial charge >= 0.3 is 0 Å². The first-order valence-corrected chi connectivity index (χ1v) is 8.30. The number of hydrogen-bond acceptors (Lipinski definition) is 5. The van der Waals surface area contributed by atoms with E-state index >= 15 is 0 Å². The van der Waals surface area contributed by atoms with E-state index in [1.165, 1.54) is 18.2 Å². The van der Waals surface area contributed by atoms with Gasteiger partial charge < -0.3 is 4.74 Å². The lowest BCUT2D eigenvalue weighted by molar-refractivity contribution is -0.384. The Morgan fingerprint density at radius 2 is 1.95 bits per heavy atom. The van der Waals surface area contributed by atoms with E-state index in [0.717, 1.165) is 0 Å². The van der Waals surface area contributed by atoms with E-state index in [1.54, 1.807) is 6.07 Å². The van der Waals surface area contributed by atoms with Crippen LogP contribution in [0.2, 0.25) is 0 Å². The Labute approximate surface area is 124 Å². The lowest BCUT2D eigenvalue weighted by Gasteiger charge is -2.30. The summed E-state index contributed by atoms with van der Waals surface area (Å²) in [7, 11) is -3.62. The zero-order valence-electron chi connectivity index (χ0n) is 12.1. The smallest absolute Gasteiger partial charge is 0.273 e. The molecule has 0 aromatic heterocycles. The summed E-state index contributed by atoms with van der Waals surface area (Å²) in [6.07, 6.45) is 1.16. The van der Waals surface area contributed by atoms with Gasteiger partial charge in [-0.2, -0.15) is 0 Å². The van der Waals surface area contributed by atoms with Gasteiger partial charge in [0.05, 0.1) is 23.3 Å². The van der Waals surface area contributed by atoms with Gasteiger partial charge in [0, 0.05) is 11.5 Å². The van der Waals surface area contributed by atoms with Crippen molar-refractivity contribution in [3.05, 3.63) is 34.4 Å². The van der Waals surface area contributed by atoms with Crippen LogP contribution >= 0.6 is 0 Å². The molecule has 1 rings (SSSR count). The number of ether oxygens (including phenoxy) is 1. The zero-order valence-corrected chi connectivity index (χ0v) is 12.9. The SMILES string of the molecule is CCC(CC)(COc1cccc([N+](=O)[O-])c1)CS(N)(=O)=O. The number of non-ortho nitro benzene ring substituents is 1. The molecule has 0 bridgehead atoms. The number of nitrogens with zero attached hydrogens (tertiary/aromatic N) is 1. The first kappa shape index (κ1) is 17.4. The summed E-state index contributed by atoms with van der Waals surface area (Å²) in [6.45, 7) is 3.87. The van der Waals surface area contributed by atoms with Gasteiger partial charge in [0.1, 0.15) is 5.75 Å². The lowest BCUT2D eigenvalue weighted by atomic mass is 9.85. The van der Waals surface area contributed by atoms with Gasteiger partial charge in [0.15, 0.2) is 0 Å². The molecule has 0 fully saturated rings. The van der Waals surface area contributed by atoms with Gasteiger partial charge in [-0.05, 0) is 18.9 Å². The maximum atomic E-state index is 11.4. The first-order valence-electron chi connectivity index (χ1n) is 6.59. The minimum Gasteiger partial charge on any atom is -0.493 e. The molecule has 0 atom stereocenters. The van der Waals surface area contributed by atoms with E-state index < -0.39 is 20.4 Å². The van der Waals surface area contributed by atoms with Crippen LogP contribution in [0.3, 0.4) is 0 Å². The van der Waals surface area contributed by atoms with E-state index in [1.807, 2.05) is 13.8 Å². The number of hydrogen-bond donors (Lipinski definition) is 1. The van der Waals surface area contributed by atoms with Crippen LogP contribution in [-0.2, 0) is 10.0 Å². The fourth-order valence-corrected chi connectivity index (χ4v) is 3.40. The minimum atomic E-state index is -3.62. The van der Waals surface area contributed by atoms with Crippen molar-refractivity contribution in [3.8, 4) is 5.75 Å². The van der Waals surface area contributed by atoms with Crippen LogP contribution in [-0.4, -0.2) is 25.7 Å². The van der Waals surface area contributed by atoms with E-state index in [-0.39, 0.29) is 18.0 Å². The fraction of sp³-hybridized carbons (Fsp3) is 0.538. The highest BCUT2D eigenvalue weighted by atomic mass is 32.2. The summed E-state index contributed by atoms with van der Waals surface area (Å²) in [5, 5.41) is 15.8. The predicted molar refractivity (Wildman–Crippen MR) is 79.6 cm³/mol. The zero-order chi connectivity index (χ0) is 16.1. The van der Waals surface area contributed by atoms with Gasteiger partial charge in [-0.25, -0.2) is 13.6 Å². The third kappa shape index (κ3) is 5.31. The van der Waals surface area contributed by atoms with Crippen LogP contribution in [0.15, 0.2) is 24.3 Å². The summed E-state index contributed by atoms with van der Waals surface area (Å²) in [6, 6.07) is 5.80. The van der Waals surface area contributed by atoms with Crippen molar-refractivity contribution in [2.75, 3.05) is 12.4 Å². The average molecular weight is 316 g/mol. The molecule has 8 heteroatoms. The van der Waals surface area contributed by atoms with Gasteiger partial charge in [0.25, 0.3) is 5.69 Å². The molecule has 0 aliphatic carbocycles. The van der Waals surface area contributed by atoms with Crippen LogP contribution in [0.1, 0.15) is 26.7 Å². The third-order valence-corrected chi connectivity index (χ3v) is 4.60. The van der Waals surface area contributed by atoms with Gasteiger partial charge in [-0.3, -0.25) is 10.1 Å². The number of nitro benzene ring substituents is 1. The maximum Gasteiger partial charge on any atom is 0.273 e. The van der Waals surface area contributed by atoms with Crippen LogP contribution in [0, 0.1) is 15.5 Å². The Morgan fingerprint density at radius 1 is 1.33 bits per heavy atom. The molecule has 0 saturated carbocycles. The monoisotopic (exact) mass is 316 g/mol. The van der Waals surface area contributed by atoms with Crippen molar-refractivity contribution in [1.29, 1.82) is 0 Å². The highest BCUT2D eigenvalue weighted by Gasteiger charge is 2.32. The van der Waals surface area contributed by atoms with Crippen molar-refractivity contribution >= 4 is 15.7 Å². The van der Waals surface area contributed by atoms with Crippen molar-refractivity contribution in [3.63, 3.8) is 0 Å². The molecular weight excluding hydrogens is 296 g/mol. The normalized spacial score (nSPS) is 12.1. The largest absolute Gasteiger partial charge is 0.493 e. The highest BCUT2D eigenvalue weighted by molar-refractivity contribution is 7.89.